The third-order valence-corrected chi connectivity index (χ3v) is 7.04. The van der Waals surface area contributed by atoms with E-state index in [1.54, 1.807) is 17.0 Å². The number of piperidine rings is 1. The summed E-state index contributed by atoms with van der Waals surface area (Å²) in [6, 6.07) is 39.5. The topological polar surface area (TPSA) is 29.5 Å². The Kier molecular flexibility index (Phi) is 7.24. The number of nitrogens with zero attached hydrogens (tertiary/aromatic N) is 1. The van der Waals surface area contributed by atoms with Gasteiger partial charge in [0.05, 0.1) is 13.2 Å². The second kappa shape index (κ2) is 10.9. The summed E-state index contributed by atoms with van der Waals surface area (Å²) >= 11 is 0. The van der Waals surface area contributed by atoms with Gasteiger partial charge < -0.3 is 9.64 Å². The molecule has 1 aliphatic heterocycles. The van der Waals surface area contributed by atoms with Gasteiger partial charge in [-0.15, -0.1) is 0 Å². The number of amides is 1. The fourth-order valence-electron chi connectivity index (χ4n) is 5.09. The summed E-state index contributed by atoms with van der Waals surface area (Å²) < 4.78 is 22.3. The largest absolute Gasteiger partial charge is 0.360 e. The van der Waals surface area contributed by atoms with Crippen molar-refractivity contribution in [1.82, 2.24) is 4.90 Å². The summed E-state index contributed by atoms with van der Waals surface area (Å²) in [5, 5.41) is 0. The van der Waals surface area contributed by atoms with Gasteiger partial charge in [0.15, 0.2) is 0 Å². The minimum absolute atomic E-state index is 0.0801. The zero-order chi connectivity index (χ0) is 24.8. The third-order valence-electron chi connectivity index (χ3n) is 7.04. The Hall–Kier alpha value is -3.76. The molecule has 0 saturated carbocycles. The predicted octanol–water partition coefficient (Wildman–Crippen LogP) is 6.50. The maximum absolute atomic E-state index is 15.5. The van der Waals surface area contributed by atoms with E-state index in [1.807, 2.05) is 72.8 Å². The first-order valence-corrected chi connectivity index (χ1v) is 12.5. The number of carbonyl (C=O) groups excluding carboxylic acids is 1. The van der Waals surface area contributed by atoms with Crippen LogP contribution in [-0.2, 0) is 10.3 Å². The van der Waals surface area contributed by atoms with Gasteiger partial charge in [0.2, 0.25) is 0 Å². The Morgan fingerprint density at radius 2 is 1.19 bits per heavy atom. The van der Waals surface area contributed by atoms with Crippen LogP contribution < -0.4 is 0 Å². The van der Waals surface area contributed by atoms with Crippen LogP contribution in [0.5, 0.6) is 0 Å². The van der Waals surface area contributed by atoms with Gasteiger partial charge in [-0.05, 0) is 35.2 Å². The van der Waals surface area contributed by atoms with Crippen LogP contribution in [0, 0.1) is 5.92 Å². The second-order valence-corrected chi connectivity index (χ2v) is 9.27. The first-order valence-electron chi connectivity index (χ1n) is 12.5. The zero-order valence-corrected chi connectivity index (χ0v) is 20.2. The molecule has 1 heterocycles. The molecule has 5 rings (SSSR count). The van der Waals surface area contributed by atoms with E-state index in [9.17, 15) is 4.79 Å². The van der Waals surface area contributed by atoms with Gasteiger partial charge in [-0.1, -0.05) is 109 Å². The summed E-state index contributed by atoms with van der Waals surface area (Å²) in [7, 11) is 0. The molecule has 0 bridgehead atoms. The van der Waals surface area contributed by atoms with Gasteiger partial charge in [0, 0.05) is 18.0 Å². The van der Waals surface area contributed by atoms with E-state index >= 15 is 4.39 Å². The van der Waals surface area contributed by atoms with Crippen LogP contribution in [0.15, 0.2) is 121 Å². The third kappa shape index (κ3) is 4.82. The van der Waals surface area contributed by atoms with E-state index in [0.717, 1.165) is 16.7 Å². The molecule has 0 aliphatic carbocycles. The molecule has 2 atom stereocenters. The monoisotopic (exact) mass is 479 g/mol. The van der Waals surface area contributed by atoms with Gasteiger partial charge in [-0.25, -0.2) is 4.39 Å². The summed E-state index contributed by atoms with van der Waals surface area (Å²) in [5.41, 5.74) is 2.70. The lowest BCUT2D eigenvalue weighted by Crippen LogP contribution is -2.47. The molecule has 0 unspecified atom stereocenters. The maximum Gasteiger partial charge on any atom is 0.253 e. The fourth-order valence-corrected chi connectivity index (χ4v) is 5.09. The van der Waals surface area contributed by atoms with Gasteiger partial charge in [0.1, 0.15) is 11.8 Å². The summed E-state index contributed by atoms with van der Waals surface area (Å²) in [6.07, 6.45) is -0.611. The number of likely N-dealkylation sites (tertiary alicyclic amines) is 1. The van der Waals surface area contributed by atoms with Crippen molar-refractivity contribution >= 4 is 5.91 Å². The molecule has 1 amide bonds. The summed E-state index contributed by atoms with van der Waals surface area (Å²) in [4.78, 5) is 14.5. The SMILES string of the molecule is O=C(c1ccccc1)N1CC[C@H](COC(c2ccccc2)(c2ccccc2)c2ccccc2)[C@H](F)C1. The molecule has 0 radical (unpaired) electrons. The quantitative estimate of drug-likeness (QED) is 0.283. The normalized spacial score (nSPS) is 18.1. The minimum Gasteiger partial charge on any atom is -0.360 e. The number of ether oxygens (including phenoxy) is 1. The maximum atomic E-state index is 15.5. The second-order valence-electron chi connectivity index (χ2n) is 9.27. The van der Waals surface area contributed by atoms with Crippen molar-refractivity contribution in [2.75, 3.05) is 19.7 Å². The van der Waals surface area contributed by atoms with E-state index in [-0.39, 0.29) is 25.0 Å². The van der Waals surface area contributed by atoms with E-state index in [4.69, 9.17) is 4.74 Å². The molecule has 4 aromatic rings. The molecule has 1 aliphatic rings. The van der Waals surface area contributed by atoms with Crippen LogP contribution in [0.4, 0.5) is 4.39 Å². The standard InChI is InChI=1S/C32H30FNO2/c33-30-23-34(31(35)25-13-5-1-6-14-25)22-21-26(30)24-36-32(27-15-7-2-8-16-27,28-17-9-3-10-18-28)29-19-11-4-12-20-29/h1-20,26,30H,21-24H2/t26-,30-/m1/s1. The number of hydrogen-bond donors (Lipinski definition) is 0. The van der Waals surface area contributed by atoms with Crippen molar-refractivity contribution in [3.05, 3.63) is 144 Å². The average Bonchev–Trinajstić information content (AvgIpc) is 2.96. The highest BCUT2D eigenvalue weighted by molar-refractivity contribution is 5.94. The highest BCUT2D eigenvalue weighted by Crippen LogP contribution is 2.41. The molecule has 1 saturated heterocycles. The number of hydrogen-bond acceptors (Lipinski definition) is 2. The van der Waals surface area contributed by atoms with E-state index < -0.39 is 11.8 Å². The van der Waals surface area contributed by atoms with Gasteiger partial charge in [-0.2, -0.15) is 0 Å². The van der Waals surface area contributed by atoms with Crippen molar-refractivity contribution in [1.29, 1.82) is 0 Å². The molecule has 36 heavy (non-hydrogen) atoms. The summed E-state index contributed by atoms with van der Waals surface area (Å²) in [6.45, 7) is 0.834. The van der Waals surface area contributed by atoms with Crippen LogP contribution >= 0.6 is 0 Å². The Morgan fingerprint density at radius 3 is 1.64 bits per heavy atom. The number of benzene rings is 4. The Morgan fingerprint density at radius 1 is 0.750 bits per heavy atom. The molecule has 4 heteroatoms. The number of rotatable bonds is 7. The van der Waals surface area contributed by atoms with Crippen molar-refractivity contribution in [2.45, 2.75) is 18.2 Å². The summed E-state index contributed by atoms with van der Waals surface area (Å²) in [5.74, 6) is -0.426. The zero-order valence-electron chi connectivity index (χ0n) is 20.2. The highest BCUT2D eigenvalue weighted by Gasteiger charge is 2.40. The van der Waals surface area contributed by atoms with Crippen molar-refractivity contribution in [3.63, 3.8) is 0 Å². The van der Waals surface area contributed by atoms with Crippen molar-refractivity contribution < 1.29 is 13.9 Å². The average molecular weight is 480 g/mol. The first-order chi connectivity index (χ1) is 17.7. The van der Waals surface area contributed by atoms with Gasteiger partial charge >= 0.3 is 0 Å². The van der Waals surface area contributed by atoms with Gasteiger partial charge in [-0.3, -0.25) is 4.79 Å². The lowest BCUT2D eigenvalue weighted by atomic mass is 9.80. The van der Waals surface area contributed by atoms with Crippen molar-refractivity contribution in [2.24, 2.45) is 5.92 Å². The lowest BCUT2D eigenvalue weighted by molar-refractivity contribution is -0.0399. The molecule has 4 aromatic carbocycles. The molecule has 0 aromatic heterocycles. The smallest absolute Gasteiger partial charge is 0.253 e. The lowest BCUT2D eigenvalue weighted by Gasteiger charge is -2.39. The van der Waals surface area contributed by atoms with Crippen LogP contribution in [-0.4, -0.2) is 36.7 Å². The van der Waals surface area contributed by atoms with Gasteiger partial charge in [0.25, 0.3) is 5.91 Å². The molecular weight excluding hydrogens is 449 g/mol. The van der Waals surface area contributed by atoms with Crippen molar-refractivity contribution in [3.8, 4) is 0 Å². The Balaban J connectivity index is 1.41. The van der Waals surface area contributed by atoms with Crippen LogP contribution in [0.3, 0.4) is 0 Å². The molecule has 1 fully saturated rings. The minimum atomic E-state index is -1.16. The molecule has 182 valence electrons. The number of halogens is 1. The van der Waals surface area contributed by atoms with E-state index in [2.05, 4.69) is 36.4 Å². The molecule has 3 nitrogen and oxygen atoms in total. The van der Waals surface area contributed by atoms with Crippen LogP contribution in [0.25, 0.3) is 0 Å². The molecular formula is C32H30FNO2. The first kappa shape index (κ1) is 24.0. The van der Waals surface area contributed by atoms with Crippen LogP contribution in [0.2, 0.25) is 0 Å². The number of alkyl halides is 1. The Labute approximate surface area is 212 Å². The molecule has 0 spiro atoms. The predicted molar refractivity (Wildman–Crippen MR) is 141 cm³/mol. The van der Waals surface area contributed by atoms with Crippen LogP contribution in [0.1, 0.15) is 33.5 Å². The fraction of sp³-hybridized carbons (Fsp3) is 0.219. The van der Waals surface area contributed by atoms with E-state index in [1.165, 1.54) is 0 Å². The number of carbonyl (C=O) groups is 1. The molecule has 0 N–H and O–H groups in total. The Bertz CT molecular complexity index is 1150. The van der Waals surface area contributed by atoms with E-state index in [0.29, 0.717) is 18.5 Å². The highest BCUT2D eigenvalue weighted by atomic mass is 19.1.